The van der Waals surface area contributed by atoms with Crippen LogP contribution in [0.1, 0.15) is 11.1 Å². The number of nitrogens with zero attached hydrogens (tertiary/aromatic N) is 1. The van der Waals surface area contributed by atoms with Crippen molar-refractivity contribution in [2.45, 2.75) is 6.92 Å². The summed E-state index contributed by atoms with van der Waals surface area (Å²) < 4.78 is 0.947. The standard InChI is InChI=1S/C19H19BrN2O2/c1-14-6-9-17(10-7-14)21-18(23)13-22(2)19(24)11-8-15-4-3-5-16(20)12-15/h3-12H,13H2,1-2H3,(H,21,23)/b11-8+. The normalized spacial score (nSPS) is 10.6. The van der Waals surface area contributed by atoms with Crippen molar-refractivity contribution in [2.24, 2.45) is 0 Å². The second-order valence-electron chi connectivity index (χ2n) is 5.50. The van der Waals surface area contributed by atoms with Gasteiger partial charge < -0.3 is 10.2 Å². The number of halogens is 1. The second kappa shape index (κ2) is 8.45. The van der Waals surface area contributed by atoms with Crippen molar-refractivity contribution in [1.82, 2.24) is 4.90 Å². The van der Waals surface area contributed by atoms with Gasteiger partial charge in [0.1, 0.15) is 0 Å². The molecule has 0 aliphatic carbocycles. The fourth-order valence-corrected chi connectivity index (χ4v) is 2.45. The molecule has 0 bridgehead atoms. The number of hydrogen-bond acceptors (Lipinski definition) is 2. The highest BCUT2D eigenvalue weighted by Gasteiger charge is 2.10. The fourth-order valence-electron chi connectivity index (χ4n) is 2.04. The summed E-state index contributed by atoms with van der Waals surface area (Å²) in [5, 5.41) is 2.77. The molecular weight excluding hydrogens is 368 g/mol. The van der Waals surface area contributed by atoms with Gasteiger partial charge in [0.2, 0.25) is 11.8 Å². The summed E-state index contributed by atoms with van der Waals surface area (Å²) in [6, 6.07) is 15.1. The summed E-state index contributed by atoms with van der Waals surface area (Å²) in [5.74, 6) is -0.459. The van der Waals surface area contributed by atoms with E-state index in [1.807, 2.05) is 55.5 Å². The molecule has 0 heterocycles. The Hall–Kier alpha value is -2.40. The van der Waals surface area contributed by atoms with Crippen molar-refractivity contribution >= 4 is 39.5 Å². The largest absolute Gasteiger partial charge is 0.333 e. The summed E-state index contributed by atoms with van der Waals surface area (Å²) in [6.45, 7) is 1.98. The van der Waals surface area contributed by atoms with Gasteiger partial charge in [-0.05, 0) is 42.8 Å². The predicted molar refractivity (Wildman–Crippen MR) is 101 cm³/mol. The van der Waals surface area contributed by atoms with E-state index in [9.17, 15) is 9.59 Å². The van der Waals surface area contributed by atoms with Crippen LogP contribution in [0.25, 0.3) is 6.08 Å². The van der Waals surface area contributed by atoms with E-state index in [2.05, 4.69) is 21.2 Å². The highest BCUT2D eigenvalue weighted by molar-refractivity contribution is 9.10. The van der Waals surface area contributed by atoms with Crippen molar-refractivity contribution < 1.29 is 9.59 Å². The van der Waals surface area contributed by atoms with Crippen LogP contribution in [-0.4, -0.2) is 30.3 Å². The number of amides is 2. The van der Waals surface area contributed by atoms with Gasteiger partial charge in [0.15, 0.2) is 0 Å². The molecule has 124 valence electrons. The Labute approximate surface area is 150 Å². The molecule has 0 aliphatic heterocycles. The Morgan fingerprint density at radius 2 is 1.88 bits per heavy atom. The Morgan fingerprint density at radius 3 is 2.54 bits per heavy atom. The molecule has 5 heteroatoms. The molecule has 0 saturated carbocycles. The Balaban J connectivity index is 1.88. The first-order valence-corrected chi connectivity index (χ1v) is 8.28. The third-order valence-electron chi connectivity index (χ3n) is 3.36. The molecule has 0 saturated heterocycles. The average molecular weight is 387 g/mol. The van der Waals surface area contributed by atoms with E-state index in [0.29, 0.717) is 0 Å². The molecule has 0 spiro atoms. The highest BCUT2D eigenvalue weighted by Crippen LogP contribution is 2.13. The van der Waals surface area contributed by atoms with Crippen LogP contribution in [0.2, 0.25) is 0 Å². The zero-order chi connectivity index (χ0) is 17.5. The van der Waals surface area contributed by atoms with Gasteiger partial charge in [-0.1, -0.05) is 45.8 Å². The van der Waals surface area contributed by atoms with E-state index in [1.54, 1.807) is 13.1 Å². The zero-order valence-corrected chi connectivity index (χ0v) is 15.2. The van der Waals surface area contributed by atoms with Crippen LogP contribution >= 0.6 is 15.9 Å². The molecule has 1 N–H and O–H groups in total. The summed E-state index contributed by atoms with van der Waals surface area (Å²) >= 11 is 3.38. The van der Waals surface area contributed by atoms with E-state index in [1.165, 1.54) is 11.0 Å². The number of carbonyl (C=O) groups excluding carboxylic acids is 2. The SMILES string of the molecule is Cc1ccc(NC(=O)CN(C)C(=O)/C=C/c2cccc(Br)c2)cc1. The van der Waals surface area contributed by atoms with E-state index in [4.69, 9.17) is 0 Å². The number of aryl methyl sites for hydroxylation is 1. The summed E-state index contributed by atoms with van der Waals surface area (Å²) in [7, 11) is 1.60. The summed E-state index contributed by atoms with van der Waals surface area (Å²) in [6.07, 6.45) is 3.18. The Bertz CT molecular complexity index is 754. The monoisotopic (exact) mass is 386 g/mol. The van der Waals surface area contributed by atoms with Gasteiger partial charge in [0, 0.05) is 23.3 Å². The summed E-state index contributed by atoms with van der Waals surface area (Å²) in [4.78, 5) is 25.5. The van der Waals surface area contributed by atoms with Gasteiger partial charge in [0.25, 0.3) is 0 Å². The van der Waals surface area contributed by atoms with Gasteiger partial charge in [-0.25, -0.2) is 0 Å². The van der Waals surface area contributed by atoms with Crippen molar-refractivity contribution in [1.29, 1.82) is 0 Å². The number of anilines is 1. The number of benzene rings is 2. The molecule has 0 atom stereocenters. The maximum Gasteiger partial charge on any atom is 0.246 e. The van der Waals surface area contributed by atoms with Crippen LogP contribution in [0, 0.1) is 6.92 Å². The molecule has 0 radical (unpaired) electrons. The second-order valence-corrected chi connectivity index (χ2v) is 6.41. The molecule has 2 rings (SSSR count). The fraction of sp³-hybridized carbons (Fsp3) is 0.158. The first-order valence-electron chi connectivity index (χ1n) is 7.49. The average Bonchev–Trinajstić information content (AvgIpc) is 2.54. The number of hydrogen-bond donors (Lipinski definition) is 1. The van der Waals surface area contributed by atoms with E-state index < -0.39 is 0 Å². The molecule has 0 aromatic heterocycles. The lowest BCUT2D eigenvalue weighted by Gasteiger charge is -2.15. The lowest BCUT2D eigenvalue weighted by atomic mass is 10.2. The molecule has 0 unspecified atom stereocenters. The van der Waals surface area contributed by atoms with Crippen LogP contribution < -0.4 is 5.32 Å². The predicted octanol–water partition coefficient (Wildman–Crippen LogP) is 3.87. The molecule has 4 nitrogen and oxygen atoms in total. The van der Waals surface area contributed by atoms with Crippen molar-refractivity contribution in [3.8, 4) is 0 Å². The third kappa shape index (κ3) is 5.66. The van der Waals surface area contributed by atoms with Crippen LogP contribution in [0.3, 0.4) is 0 Å². The first-order chi connectivity index (χ1) is 11.4. The Morgan fingerprint density at radius 1 is 1.17 bits per heavy atom. The maximum atomic E-state index is 12.1. The lowest BCUT2D eigenvalue weighted by molar-refractivity contribution is -0.129. The molecule has 0 aliphatic rings. The van der Waals surface area contributed by atoms with Gasteiger partial charge >= 0.3 is 0 Å². The Kier molecular flexibility index (Phi) is 6.32. The molecule has 24 heavy (non-hydrogen) atoms. The van der Waals surface area contributed by atoms with E-state index in [-0.39, 0.29) is 18.4 Å². The molecule has 2 aromatic carbocycles. The van der Waals surface area contributed by atoms with Crippen LogP contribution in [-0.2, 0) is 9.59 Å². The van der Waals surface area contributed by atoms with Gasteiger partial charge in [-0.15, -0.1) is 0 Å². The number of likely N-dealkylation sites (N-methyl/N-ethyl adjacent to an activating group) is 1. The smallest absolute Gasteiger partial charge is 0.246 e. The van der Waals surface area contributed by atoms with E-state index in [0.717, 1.165) is 21.3 Å². The van der Waals surface area contributed by atoms with Gasteiger partial charge in [-0.2, -0.15) is 0 Å². The van der Waals surface area contributed by atoms with Crippen LogP contribution in [0.4, 0.5) is 5.69 Å². The molecule has 2 aromatic rings. The topological polar surface area (TPSA) is 49.4 Å². The van der Waals surface area contributed by atoms with Crippen molar-refractivity contribution in [3.63, 3.8) is 0 Å². The minimum Gasteiger partial charge on any atom is -0.333 e. The number of nitrogens with one attached hydrogen (secondary N) is 1. The zero-order valence-electron chi connectivity index (χ0n) is 13.6. The van der Waals surface area contributed by atoms with Gasteiger partial charge in [0.05, 0.1) is 6.54 Å². The van der Waals surface area contributed by atoms with Crippen molar-refractivity contribution in [3.05, 3.63) is 70.2 Å². The van der Waals surface area contributed by atoms with Crippen LogP contribution in [0.15, 0.2) is 59.1 Å². The highest BCUT2D eigenvalue weighted by atomic mass is 79.9. The number of rotatable bonds is 5. The number of carbonyl (C=O) groups is 2. The summed E-state index contributed by atoms with van der Waals surface area (Å²) in [5.41, 5.74) is 2.75. The lowest BCUT2D eigenvalue weighted by Crippen LogP contribution is -2.33. The molecule has 2 amide bonds. The molecular formula is C19H19BrN2O2. The first kappa shape index (κ1) is 17.9. The van der Waals surface area contributed by atoms with E-state index >= 15 is 0 Å². The minimum atomic E-state index is -0.231. The third-order valence-corrected chi connectivity index (χ3v) is 3.85. The van der Waals surface area contributed by atoms with Crippen LogP contribution in [0.5, 0.6) is 0 Å². The maximum absolute atomic E-state index is 12.1. The molecule has 0 fully saturated rings. The van der Waals surface area contributed by atoms with Gasteiger partial charge in [-0.3, -0.25) is 9.59 Å². The quantitative estimate of drug-likeness (QED) is 0.792. The minimum absolute atomic E-state index is 0.00443. The van der Waals surface area contributed by atoms with Crippen molar-refractivity contribution in [2.75, 3.05) is 18.9 Å².